The summed E-state index contributed by atoms with van der Waals surface area (Å²) < 4.78 is 3.36. The van der Waals surface area contributed by atoms with Crippen molar-refractivity contribution in [1.82, 2.24) is 30.0 Å². The molecule has 0 saturated heterocycles. The standard InChI is InChI=1S/C21H21N7OS/c1-14-7-9-17(10-8-14)27-19(12-16(3)24-27)22-20(29)13-30-21-23-25-26-28(21)18-6-4-5-15(2)11-18/h4-12H,13H2,1-3H3,(H,22,29). The van der Waals surface area contributed by atoms with Gasteiger partial charge in [0.15, 0.2) is 0 Å². The summed E-state index contributed by atoms with van der Waals surface area (Å²) in [6.07, 6.45) is 0. The van der Waals surface area contributed by atoms with E-state index < -0.39 is 0 Å². The van der Waals surface area contributed by atoms with Gasteiger partial charge in [-0.2, -0.15) is 9.78 Å². The third-order valence-corrected chi connectivity index (χ3v) is 5.32. The van der Waals surface area contributed by atoms with Gasteiger partial charge < -0.3 is 5.32 Å². The molecule has 0 fully saturated rings. The Morgan fingerprint density at radius 2 is 1.77 bits per heavy atom. The zero-order chi connectivity index (χ0) is 21.1. The molecule has 0 atom stereocenters. The number of hydrogen-bond donors (Lipinski definition) is 1. The van der Waals surface area contributed by atoms with Gasteiger partial charge in [-0.05, 0) is 61.0 Å². The average Bonchev–Trinajstić information content (AvgIpc) is 3.33. The summed E-state index contributed by atoms with van der Waals surface area (Å²) in [6, 6.07) is 17.7. The molecule has 1 N–H and O–H groups in total. The molecule has 0 saturated carbocycles. The monoisotopic (exact) mass is 419 g/mol. The molecular formula is C21H21N7OS. The second kappa shape index (κ2) is 8.50. The molecule has 2 aromatic heterocycles. The first kappa shape index (κ1) is 19.8. The first-order valence-corrected chi connectivity index (χ1v) is 10.4. The number of nitrogens with one attached hydrogen (secondary N) is 1. The molecule has 0 aliphatic rings. The molecule has 2 heterocycles. The molecule has 2 aromatic carbocycles. The second-order valence-electron chi connectivity index (χ2n) is 6.97. The maximum Gasteiger partial charge on any atom is 0.236 e. The van der Waals surface area contributed by atoms with Gasteiger partial charge in [0.1, 0.15) is 5.82 Å². The van der Waals surface area contributed by atoms with Gasteiger partial charge in [-0.15, -0.1) is 5.10 Å². The predicted molar refractivity (Wildman–Crippen MR) is 116 cm³/mol. The summed E-state index contributed by atoms with van der Waals surface area (Å²) in [5, 5.41) is 19.8. The number of aromatic nitrogens is 6. The van der Waals surface area contributed by atoms with Crippen LogP contribution in [0, 0.1) is 20.8 Å². The van der Waals surface area contributed by atoms with Crippen molar-refractivity contribution in [3.05, 3.63) is 71.4 Å². The number of tetrazole rings is 1. The molecule has 0 bridgehead atoms. The van der Waals surface area contributed by atoms with Crippen LogP contribution in [0.5, 0.6) is 0 Å². The Morgan fingerprint density at radius 1 is 0.967 bits per heavy atom. The predicted octanol–water partition coefficient (Wildman–Crippen LogP) is 3.50. The highest BCUT2D eigenvalue weighted by Crippen LogP contribution is 2.21. The van der Waals surface area contributed by atoms with Crippen molar-refractivity contribution in [2.24, 2.45) is 0 Å². The number of carbonyl (C=O) groups excluding carboxylic acids is 1. The van der Waals surface area contributed by atoms with Crippen molar-refractivity contribution in [3.63, 3.8) is 0 Å². The quantitative estimate of drug-likeness (QED) is 0.481. The summed E-state index contributed by atoms with van der Waals surface area (Å²) in [4.78, 5) is 12.6. The topological polar surface area (TPSA) is 90.5 Å². The molecule has 1 amide bonds. The minimum absolute atomic E-state index is 0.160. The minimum Gasteiger partial charge on any atom is -0.310 e. The van der Waals surface area contributed by atoms with Gasteiger partial charge >= 0.3 is 0 Å². The van der Waals surface area contributed by atoms with Crippen LogP contribution in [0.2, 0.25) is 0 Å². The van der Waals surface area contributed by atoms with E-state index in [0.717, 1.165) is 28.2 Å². The second-order valence-corrected chi connectivity index (χ2v) is 7.91. The van der Waals surface area contributed by atoms with Gasteiger partial charge in [-0.3, -0.25) is 4.79 Å². The molecule has 152 valence electrons. The molecule has 4 aromatic rings. The molecule has 0 aliphatic carbocycles. The van der Waals surface area contributed by atoms with Crippen LogP contribution >= 0.6 is 11.8 Å². The molecule has 30 heavy (non-hydrogen) atoms. The van der Waals surface area contributed by atoms with Crippen LogP contribution in [0.4, 0.5) is 5.82 Å². The van der Waals surface area contributed by atoms with Crippen LogP contribution in [-0.2, 0) is 4.79 Å². The normalized spacial score (nSPS) is 10.9. The van der Waals surface area contributed by atoms with Crippen molar-refractivity contribution in [2.45, 2.75) is 25.9 Å². The fraction of sp³-hybridized carbons (Fsp3) is 0.190. The minimum atomic E-state index is -0.160. The van der Waals surface area contributed by atoms with E-state index in [4.69, 9.17) is 0 Å². The molecular weight excluding hydrogens is 398 g/mol. The number of aryl methyl sites for hydroxylation is 3. The van der Waals surface area contributed by atoms with Crippen LogP contribution in [0.25, 0.3) is 11.4 Å². The van der Waals surface area contributed by atoms with Crippen LogP contribution in [0.3, 0.4) is 0 Å². The number of thioether (sulfide) groups is 1. The van der Waals surface area contributed by atoms with E-state index in [1.165, 1.54) is 11.8 Å². The Balaban J connectivity index is 1.46. The molecule has 4 rings (SSSR count). The maximum absolute atomic E-state index is 12.6. The van der Waals surface area contributed by atoms with Crippen LogP contribution < -0.4 is 5.32 Å². The van der Waals surface area contributed by atoms with Gasteiger partial charge in [0.05, 0.1) is 22.8 Å². The number of carbonyl (C=O) groups is 1. The Bertz CT molecular complexity index is 1180. The molecule has 9 heteroatoms. The van der Waals surface area contributed by atoms with Crippen molar-refractivity contribution in [3.8, 4) is 11.4 Å². The van der Waals surface area contributed by atoms with Gasteiger partial charge in [0.25, 0.3) is 0 Å². The van der Waals surface area contributed by atoms with E-state index in [1.54, 1.807) is 9.36 Å². The summed E-state index contributed by atoms with van der Waals surface area (Å²) in [5.41, 5.74) is 4.84. The zero-order valence-electron chi connectivity index (χ0n) is 16.9. The first-order chi connectivity index (χ1) is 14.5. The lowest BCUT2D eigenvalue weighted by molar-refractivity contribution is -0.113. The van der Waals surface area contributed by atoms with E-state index in [1.807, 2.05) is 75.4 Å². The van der Waals surface area contributed by atoms with Gasteiger partial charge in [0, 0.05) is 6.07 Å². The summed E-state index contributed by atoms with van der Waals surface area (Å²) in [7, 11) is 0. The molecule has 0 radical (unpaired) electrons. The fourth-order valence-electron chi connectivity index (χ4n) is 2.97. The number of rotatable bonds is 6. The third kappa shape index (κ3) is 4.41. The number of nitrogens with zero attached hydrogens (tertiary/aromatic N) is 6. The molecule has 0 unspecified atom stereocenters. The van der Waals surface area contributed by atoms with Crippen molar-refractivity contribution < 1.29 is 4.79 Å². The van der Waals surface area contributed by atoms with Crippen molar-refractivity contribution in [1.29, 1.82) is 0 Å². The van der Waals surface area contributed by atoms with Gasteiger partial charge in [0.2, 0.25) is 11.1 Å². The van der Waals surface area contributed by atoms with Crippen molar-refractivity contribution >= 4 is 23.5 Å². The SMILES string of the molecule is Cc1ccc(-n2nc(C)cc2NC(=O)CSc2nnnn2-c2cccc(C)c2)cc1. The van der Waals surface area contributed by atoms with Gasteiger partial charge in [-0.25, -0.2) is 4.68 Å². The number of hydrogen-bond acceptors (Lipinski definition) is 6. The van der Waals surface area contributed by atoms with E-state index in [9.17, 15) is 4.79 Å². The number of amides is 1. The Morgan fingerprint density at radius 3 is 2.53 bits per heavy atom. The zero-order valence-corrected chi connectivity index (χ0v) is 17.7. The molecule has 8 nitrogen and oxygen atoms in total. The fourth-order valence-corrected chi connectivity index (χ4v) is 3.66. The van der Waals surface area contributed by atoms with Crippen LogP contribution in [0.15, 0.2) is 59.8 Å². The highest BCUT2D eigenvalue weighted by Gasteiger charge is 2.14. The van der Waals surface area contributed by atoms with Gasteiger partial charge in [-0.1, -0.05) is 41.6 Å². The number of benzene rings is 2. The first-order valence-electron chi connectivity index (χ1n) is 9.41. The number of anilines is 1. The highest BCUT2D eigenvalue weighted by molar-refractivity contribution is 7.99. The Labute approximate surface area is 178 Å². The largest absolute Gasteiger partial charge is 0.310 e. The van der Waals surface area contributed by atoms with Crippen LogP contribution in [-0.4, -0.2) is 41.6 Å². The molecule has 0 spiro atoms. The van der Waals surface area contributed by atoms with E-state index in [2.05, 4.69) is 25.9 Å². The average molecular weight is 420 g/mol. The lowest BCUT2D eigenvalue weighted by Gasteiger charge is -2.09. The van der Waals surface area contributed by atoms with E-state index in [0.29, 0.717) is 11.0 Å². The highest BCUT2D eigenvalue weighted by atomic mass is 32.2. The Hall–Kier alpha value is -3.46. The molecule has 0 aliphatic heterocycles. The van der Waals surface area contributed by atoms with E-state index in [-0.39, 0.29) is 11.7 Å². The van der Waals surface area contributed by atoms with Crippen LogP contribution in [0.1, 0.15) is 16.8 Å². The summed E-state index contributed by atoms with van der Waals surface area (Å²) >= 11 is 1.28. The lowest BCUT2D eigenvalue weighted by atomic mass is 10.2. The summed E-state index contributed by atoms with van der Waals surface area (Å²) in [6.45, 7) is 5.93. The summed E-state index contributed by atoms with van der Waals surface area (Å²) in [5.74, 6) is 0.636. The van der Waals surface area contributed by atoms with E-state index >= 15 is 0 Å². The third-order valence-electron chi connectivity index (χ3n) is 4.40. The van der Waals surface area contributed by atoms with Crippen molar-refractivity contribution in [2.75, 3.05) is 11.1 Å². The smallest absolute Gasteiger partial charge is 0.236 e. The Kier molecular flexibility index (Phi) is 5.62. The lowest BCUT2D eigenvalue weighted by Crippen LogP contribution is -2.17. The maximum atomic E-state index is 12.6.